The van der Waals surface area contributed by atoms with Crippen molar-refractivity contribution in [3.05, 3.63) is 107 Å². The Labute approximate surface area is 299 Å². The first-order valence-electron chi connectivity index (χ1n) is 16.9. The Bertz CT molecular complexity index is 2070. The van der Waals surface area contributed by atoms with Crippen LogP contribution in [0.15, 0.2) is 79.1 Å². The van der Waals surface area contributed by atoms with E-state index in [4.69, 9.17) is 9.47 Å². The molecule has 11 heteroatoms. The van der Waals surface area contributed by atoms with Gasteiger partial charge in [-0.05, 0) is 93.6 Å². The zero-order chi connectivity index (χ0) is 36.3. The molecule has 1 aliphatic carbocycles. The van der Waals surface area contributed by atoms with Crippen molar-refractivity contribution in [2.75, 3.05) is 6.54 Å². The van der Waals surface area contributed by atoms with Gasteiger partial charge in [-0.1, -0.05) is 25.1 Å². The highest BCUT2D eigenvalue weighted by Gasteiger charge is 2.54. The van der Waals surface area contributed by atoms with Gasteiger partial charge >= 0.3 is 6.09 Å². The molecule has 0 spiro atoms. The third kappa shape index (κ3) is 8.48. The van der Waals surface area contributed by atoms with Crippen molar-refractivity contribution in [2.24, 2.45) is 5.41 Å². The van der Waals surface area contributed by atoms with Crippen molar-refractivity contribution in [1.29, 1.82) is 0 Å². The standard InChI is InChI=1S/C40H39F2N3O5S/c1-5-18-45(38(48)50-39(2,3)4)24-26-8-12-30(44-23-26)34-22-31-37(51-34)33(14-17-43-31)49-32-13-11-29(42)20-27(32)21-36(47)40(15-16-40)35(46)19-25-6-9-28(41)10-7-25/h6-14,17,20,22-23H,5,15-16,18-19,21,24H2,1-4H3. The number of nitrogens with zero attached hydrogens (tertiary/aromatic N) is 3. The van der Waals surface area contributed by atoms with Crippen LogP contribution >= 0.6 is 11.3 Å². The molecule has 0 N–H and O–H groups in total. The molecule has 0 unspecified atom stereocenters. The number of ether oxygens (including phenoxy) is 2. The van der Waals surface area contributed by atoms with Gasteiger partial charge in [0.05, 0.1) is 32.7 Å². The third-order valence-corrected chi connectivity index (χ3v) is 9.82. The van der Waals surface area contributed by atoms with Crippen molar-refractivity contribution in [1.82, 2.24) is 14.9 Å². The topological polar surface area (TPSA) is 98.7 Å². The van der Waals surface area contributed by atoms with Crippen molar-refractivity contribution in [3.63, 3.8) is 0 Å². The third-order valence-electron chi connectivity index (χ3n) is 8.66. The number of Topliss-reactive ketones (excluding diaryl/α,β-unsaturated/α-hetero) is 2. The van der Waals surface area contributed by atoms with Gasteiger partial charge < -0.3 is 14.4 Å². The molecule has 1 fully saturated rings. The zero-order valence-corrected chi connectivity index (χ0v) is 29.8. The molecule has 1 saturated carbocycles. The van der Waals surface area contributed by atoms with E-state index in [1.165, 1.54) is 41.7 Å². The first kappa shape index (κ1) is 35.8. The Morgan fingerprint density at radius 3 is 2.24 bits per heavy atom. The summed E-state index contributed by atoms with van der Waals surface area (Å²) in [7, 11) is 0. The number of carbonyl (C=O) groups excluding carboxylic acids is 3. The molecule has 264 valence electrons. The Morgan fingerprint density at radius 1 is 0.863 bits per heavy atom. The predicted molar refractivity (Wildman–Crippen MR) is 192 cm³/mol. The molecule has 2 aromatic carbocycles. The lowest BCUT2D eigenvalue weighted by Gasteiger charge is -2.27. The van der Waals surface area contributed by atoms with Gasteiger partial charge in [0.2, 0.25) is 0 Å². The molecule has 5 aromatic rings. The number of benzene rings is 2. The molecule has 0 saturated heterocycles. The number of rotatable bonds is 13. The number of hydrogen-bond donors (Lipinski definition) is 0. The maximum Gasteiger partial charge on any atom is 0.410 e. The first-order valence-corrected chi connectivity index (χ1v) is 17.7. The summed E-state index contributed by atoms with van der Waals surface area (Å²) in [5.74, 6) is -0.647. The van der Waals surface area contributed by atoms with Gasteiger partial charge in [-0.25, -0.2) is 13.6 Å². The number of thiophene rings is 1. The van der Waals surface area contributed by atoms with Crippen LogP contribution in [0.2, 0.25) is 0 Å². The van der Waals surface area contributed by atoms with E-state index in [0.717, 1.165) is 27.3 Å². The molecule has 6 rings (SSSR count). The second-order valence-electron chi connectivity index (χ2n) is 13.9. The number of pyridine rings is 2. The van der Waals surface area contributed by atoms with Crippen molar-refractivity contribution in [3.8, 4) is 22.1 Å². The minimum Gasteiger partial charge on any atom is -0.455 e. The SMILES string of the molecule is CCCN(Cc1ccc(-c2cc3nccc(Oc4ccc(F)cc4CC(=O)C4(C(=O)Cc5ccc(F)cc5)CC4)c3s2)nc1)C(=O)OC(C)(C)C. The molecule has 0 radical (unpaired) electrons. The summed E-state index contributed by atoms with van der Waals surface area (Å²) in [4.78, 5) is 51.3. The van der Waals surface area contributed by atoms with E-state index >= 15 is 0 Å². The van der Waals surface area contributed by atoms with Gasteiger partial charge in [0.1, 0.15) is 28.7 Å². The number of amides is 1. The molecule has 51 heavy (non-hydrogen) atoms. The molecular weight excluding hydrogens is 673 g/mol. The van der Waals surface area contributed by atoms with Gasteiger partial charge in [0.25, 0.3) is 0 Å². The Morgan fingerprint density at radius 2 is 1.57 bits per heavy atom. The fraction of sp³-hybridized carbons (Fsp3) is 0.325. The highest BCUT2D eigenvalue weighted by molar-refractivity contribution is 7.22. The van der Waals surface area contributed by atoms with Gasteiger partial charge in [-0.15, -0.1) is 11.3 Å². The number of halogens is 2. The molecule has 1 amide bonds. The van der Waals surface area contributed by atoms with E-state index in [0.29, 0.717) is 54.1 Å². The van der Waals surface area contributed by atoms with E-state index in [1.807, 2.05) is 45.9 Å². The molecular formula is C40H39F2N3O5S. The van der Waals surface area contributed by atoms with Crippen LogP contribution in [0.5, 0.6) is 11.5 Å². The van der Waals surface area contributed by atoms with Crippen molar-refractivity contribution >= 4 is 39.2 Å². The number of fused-ring (bicyclic) bond motifs is 1. The molecule has 0 aliphatic heterocycles. The van der Waals surface area contributed by atoms with Crippen molar-refractivity contribution in [2.45, 2.75) is 71.9 Å². The van der Waals surface area contributed by atoms with Crippen LogP contribution in [-0.2, 0) is 33.7 Å². The number of ketones is 2. The second kappa shape index (κ2) is 14.7. The summed E-state index contributed by atoms with van der Waals surface area (Å²) in [5, 5.41) is 0. The summed E-state index contributed by atoms with van der Waals surface area (Å²) < 4.78 is 40.5. The maximum absolute atomic E-state index is 14.5. The molecule has 8 nitrogen and oxygen atoms in total. The van der Waals surface area contributed by atoms with Crippen LogP contribution in [0, 0.1) is 17.0 Å². The van der Waals surface area contributed by atoms with E-state index in [2.05, 4.69) is 9.97 Å². The first-order chi connectivity index (χ1) is 24.3. The van der Waals surface area contributed by atoms with Crippen molar-refractivity contribution < 1.29 is 32.6 Å². The van der Waals surface area contributed by atoms with E-state index in [9.17, 15) is 23.2 Å². The van der Waals surface area contributed by atoms with E-state index in [1.54, 1.807) is 35.5 Å². The number of carbonyl (C=O) groups is 3. The Balaban J connectivity index is 1.18. The molecule has 3 heterocycles. The quantitative estimate of drug-likeness (QED) is 0.112. The van der Waals surface area contributed by atoms with Crippen LogP contribution in [0.4, 0.5) is 13.6 Å². The van der Waals surface area contributed by atoms with Gasteiger partial charge in [-0.2, -0.15) is 0 Å². The average Bonchev–Trinajstić information content (AvgIpc) is 3.79. The minimum absolute atomic E-state index is 0.0230. The summed E-state index contributed by atoms with van der Waals surface area (Å²) in [6, 6.07) is 17.1. The lowest BCUT2D eigenvalue weighted by molar-refractivity contribution is -0.133. The number of hydrogen-bond acceptors (Lipinski definition) is 8. The fourth-order valence-corrected chi connectivity index (χ4v) is 6.92. The number of aromatic nitrogens is 2. The average molecular weight is 712 g/mol. The van der Waals surface area contributed by atoms with Gasteiger partial charge in [-0.3, -0.25) is 19.6 Å². The van der Waals surface area contributed by atoms with Gasteiger partial charge in [0, 0.05) is 43.4 Å². The van der Waals surface area contributed by atoms with E-state index in [-0.39, 0.29) is 30.5 Å². The lowest BCUT2D eigenvalue weighted by Crippen LogP contribution is -2.36. The predicted octanol–water partition coefficient (Wildman–Crippen LogP) is 9.28. The highest BCUT2D eigenvalue weighted by atomic mass is 32.1. The summed E-state index contributed by atoms with van der Waals surface area (Å²) >= 11 is 1.43. The van der Waals surface area contributed by atoms with Crippen LogP contribution in [0.3, 0.4) is 0 Å². The smallest absolute Gasteiger partial charge is 0.410 e. The van der Waals surface area contributed by atoms with Crippen LogP contribution < -0.4 is 4.74 Å². The largest absolute Gasteiger partial charge is 0.455 e. The van der Waals surface area contributed by atoms with Crippen LogP contribution in [0.1, 0.15) is 63.6 Å². The lowest BCUT2D eigenvalue weighted by atomic mass is 9.87. The van der Waals surface area contributed by atoms with Crippen LogP contribution in [0.25, 0.3) is 20.8 Å². The minimum atomic E-state index is -1.13. The summed E-state index contributed by atoms with van der Waals surface area (Å²) in [6.45, 7) is 8.46. The maximum atomic E-state index is 14.5. The summed E-state index contributed by atoms with van der Waals surface area (Å²) in [6.07, 6.45) is 4.49. The normalized spacial score (nSPS) is 13.5. The van der Waals surface area contributed by atoms with Crippen LogP contribution in [-0.4, -0.2) is 44.7 Å². The molecule has 3 aromatic heterocycles. The molecule has 0 bridgehead atoms. The highest BCUT2D eigenvalue weighted by Crippen LogP contribution is 2.49. The second-order valence-corrected chi connectivity index (χ2v) is 14.9. The molecule has 0 atom stereocenters. The monoisotopic (exact) mass is 711 g/mol. The van der Waals surface area contributed by atoms with Gasteiger partial charge in [0.15, 0.2) is 11.6 Å². The fourth-order valence-electron chi connectivity index (χ4n) is 5.88. The summed E-state index contributed by atoms with van der Waals surface area (Å²) in [5.41, 5.74) is 1.52. The Hall–Kier alpha value is -5.03. The molecule has 1 aliphatic rings. The van der Waals surface area contributed by atoms with E-state index < -0.39 is 22.7 Å². The zero-order valence-electron chi connectivity index (χ0n) is 29.0. The Kier molecular flexibility index (Phi) is 10.3.